The van der Waals surface area contributed by atoms with Gasteiger partial charge in [0.1, 0.15) is 0 Å². The Hall–Kier alpha value is -1.40. The molecule has 0 N–H and O–H groups in total. The summed E-state index contributed by atoms with van der Waals surface area (Å²) in [5.74, 6) is 2.68. The van der Waals surface area contributed by atoms with Crippen LogP contribution in [0.5, 0.6) is 0 Å². The molecule has 0 saturated carbocycles. The van der Waals surface area contributed by atoms with Gasteiger partial charge in [0.05, 0.1) is 12.4 Å². The lowest BCUT2D eigenvalue weighted by Gasteiger charge is -2.01. The second-order valence-electron chi connectivity index (χ2n) is 2.76. The van der Waals surface area contributed by atoms with Crippen LogP contribution in [0.4, 0.5) is 0 Å². The molecular weight excluding hydrogens is 208 g/mol. The van der Waals surface area contributed by atoms with E-state index in [1.54, 1.807) is 6.92 Å². The van der Waals surface area contributed by atoms with Crippen LogP contribution in [-0.4, -0.2) is 18.3 Å². The number of rotatable bonds is 4. The van der Waals surface area contributed by atoms with Gasteiger partial charge in [-0.1, -0.05) is 5.92 Å². The van der Waals surface area contributed by atoms with Crippen molar-refractivity contribution in [1.82, 2.24) is 0 Å². The van der Waals surface area contributed by atoms with Gasteiger partial charge in [0.25, 0.3) is 0 Å². The zero-order chi connectivity index (χ0) is 11.1. The standard InChI is InChI=1S/C12H12O2S/c1-3-10-5-7-11(8-6-10)15-9-12(13)14-4-2/h1,5-8H,4,9H2,2H3. The van der Waals surface area contributed by atoms with Crippen LogP contribution in [0.3, 0.4) is 0 Å². The topological polar surface area (TPSA) is 26.3 Å². The summed E-state index contributed by atoms with van der Waals surface area (Å²) < 4.78 is 4.82. The van der Waals surface area contributed by atoms with E-state index in [2.05, 4.69) is 5.92 Å². The Morgan fingerprint density at radius 2 is 2.13 bits per heavy atom. The lowest BCUT2D eigenvalue weighted by atomic mass is 10.2. The van der Waals surface area contributed by atoms with Crippen molar-refractivity contribution in [3.8, 4) is 12.3 Å². The predicted molar refractivity (Wildman–Crippen MR) is 61.7 cm³/mol. The molecule has 0 radical (unpaired) electrons. The van der Waals surface area contributed by atoms with Crippen LogP contribution in [-0.2, 0) is 9.53 Å². The highest BCUT2D eigenvalue weighted by Crippen LogP contribution is 2.18. The Morgan fingerprint density at radius 3 is 2.67 bits per heavy atom. The second-order valence-corrected chi connectivity index (χ2v) is 3.81. The van der Waals surface area contributed by atoms with E-state index in [9.17, 15) is 4.79 Å². The molecule has 15 heavy (non-hydrogen) atoms. The van der Waals surface area contributed by atoms with E-state index in [1.807, 2.05) is 24.3 Å². The molecule has 3 heteroatoms. The highest BCUT2D eigenvalue weighted by atomic mass is 32.2. The van der Waals surface area contributed by atoms with Gasteiger partial charge in [0, 0.05) is 10.5 Å². The molecule has 0 aliphatic rings. The Labute approximate surface area is 94.0 Å². The maximum Gasteiger partial charge on any atom is 0.316 e. The second kappa shape index (κ2) is 6.15. The Kier molecular flexibility index (Phi) is 4.79. The molecule has 0 atom stereocenters. The normalized spacial score (nSPS) is 9.33. The first-order chi connectivity index (χ1) is 7.26. The number of hydrogen-bond donors (Lipinski definition) is 0. The van der Waals surface area contributed by atoms with Gasteiger partial charge >= 0.3 is 5.97 Å². The number of thioether (sulfide) groups is 1. The molecule has 0 heterocycles. The summed E-state index contributed by atoms with van der Waals surface area (Å²) in [6.45, 7) is 2.22. The minimum atomic E-state index is -0.191. The first-order valence-corrected chi connectivity index (χ1v) is 5.60. The molecule has 0 saturated heterocycles. The van der Waals surface area contributed by atoms with Crippen molar-refractivity contribution in [3.63, 3.8) is 0 Å². The number of carbonyl (C=O) groups excluding carboxylic acids is 1. The first-order valence-electron chi connectivity index (χ1n) is 4.61. The molecule has 0 unspecified atom stereocenters. The van der Waals surface area contributed by atoms with E-state index in [4.69, 9.17) is 11.2 Å². The molecule has 1 aromatic rings. The number of benzene rings is 1. The smallest absolute Gasteiger partial charge is 0.316 e. The van der Waals surface area contributed by atoms with Gasteiger partial charge in [0.15, 0.2) is 0 Å². The molecule has 1 rings (SSSR count). The molecule has 2 nitrogen and oxygen atoms in total. The average molecular weight is 220 g/mol. The van der Waals surface area contributed by atoms with E-state index in [0.29, 0.717) is 12.4 Å². The quantitative estimate of drug-likeness (QED) is 0.442. The van der Waals surface area contributed by atoms with Gasteiger partial charge in [-0.25, -0.2) is 0 Å². The highest BCUT2D eigenvalue weighted by Gasteiger charge is 2.02. The maximum atomic E-state index is 11.1. The number of esters is 1. The maximum absolute atomic E-state index is 11.1. The van der Waals surface area contributed by atoms with Crippen LogP contribution in [0.25, 0.3) is 0 Å². The van der Waals surface area contributed by atoms with Crippen molar-refractivity contribution in [2.45, 2.75) is 11.8 Å². The SMILES string of the molecule is C#Cc1ccc(SCC(=O)OCC)cc1. The summed E-state index contributed by atoms with van der Waals surface area (Å²) in [4.78, 5) is 12.1. The van der Waals surface area contributed by atoms with Crippen molar-refractivity contribution in [3.05, 3.63) is 29.8 Å². The fourth-order valence-corrected chi connectivity index (χ4v) is 1.69. The van der Waals surface area contributed by atoms with Gasteiger partial charge in [0.2, 0.25) is 0 Å². The number of terminal acetylenes is 1. The third-order valence-electron chi connectivity index (χ3n) is 1.68. The summed E-state index contributed by atoms with van der Waals surface area (Å²) in [6.07, 6.45) is 5.23. The van der Waals surface area contributed by atoms with Crippen molar-refractivity contribution >= 4 is 17.7 Å². The Balaban J connectivity index is 2.45. The molecule has 1 aromatic carbocycles. The van der Waals surface area contributed by atoms with Crippen molar-refractivity contribution < 1.29 is 9.53 Å². The van der Waals surface area contributed by atoms with Gasteiger partial charge in [-0.2, -0.15) is 0 Å². The van der Waals surface area contributed by atoms with Crippen LogP contribution in [0.15, 0.2) is 29.2 Å². The van der Waals surface area contributed by atoms with Crippen molar-refractivity contribution in [1.29, 1.82) is 0 Å². The minimum absolute atomic E-state index is 0.191. The highest BCUT2D eigenvalue weighted by molar-refractivity contribution is 8.00. The molecular formula is C12H12O2S. The van der Waals surface area contributed by atoms with Gasteiger partial charge in [-0.05, 0) is 31.2 Å². The summed E-state index contributed by atoms with van der Waals surface area (Å²) in [7, 11) is 0. The third-order valence-corrected chi connectivity index (χ3v) is 2.67. The van der Waals surface area contributed by atoms with E-state index in [0.717, 1.165) is 10.5 Å². The number of ether oxygens (including phenoxy) is 1. The molecule has 78 valence electrons. The fraction of sp³-hybridized carbons (Fsp3) is 0.250. The number of hydrogen-bond acceptors (Lipinski definition) is 3. The van der Waals surface area contributed by atoms with Crippen LogP contribution < -0.4 is 0 Å². The molecule has 0 bridgehead atoms. The van der Waals surface area contributed by atoms with Crippen molar-refractivity contribution in [2.24, 2.45) is 0 Å². The van der Waals surface area contributed by atoms with E-state index in [-0.39, 0.29) is 5.97 Å². The molecule has 0 aromatic heterocycles. The fourth-order valence-electron chi connectivity index (χ4n) is 0.992. The van der Waals surface area contributed by atoms with Crippen molar-refractivity contribution in [2.75, 3.05) is 12.4 Å². The largest absolute Gasteiger partial charge is 0.465 e. The summed E-state index contributed by atoms with van der Waals surface area (Å²) >= 11 is 1.44. The Bertz CT molecular complexity index is 362. The van der Waals surface area contributed by atoms with E-state index in [1.165, 1.54) is 11.8 Å². The third kappa shape index (κ3) is 4.09. The molecule has 0 spiro atoms. The predicted octanol–water partition coefficient (Wildman–Crippen LogP) is 2.32. The minimum Gasteiger partial charge on any atom is -0.465 e. The molecule has 0 aliphatic heterocycles. The lowest BCUT2D eigenvalue weighted by Crippen LogP contribution is -2.06. The molecule has 0 amide bonds. The summed E-state index contributed by atoms with van der Waals surface area (Å²) in [5, 5.41) is 0. The lowest BCUT2D eigenvalue weighted by molar-refractivity contribution is -0.139. The van der Waals surface area contributed by atoms with E-state index < -0.39 is 0 Å². The van der Waals surface area contributed by atoms with Crippen LogP contribution in [0.1, 0.15) is 12.5 Å². The van der Waals surface area contributed by atoms with Gasteiger partial charge < -0.3 is 4.74 Å². The summed E-state index contributed by atoms with van der Waals surface area (Å²) in [6, 6.07) is 7.51. The molecule has 0 fully saturated rings. The number of carbonyl (C=O) groups is 1. The summed E-state index contributed by atoms with van der Waals surface area (Å²) in [5.41, 5.74) is 0.843. The van der Waals surface area contributed by atoms with E-state index >= 15 is 0 Å². The van der Waals surface area contributed by atoms with Gasteiger partial charge in [-0.15, -0.1) is 18.2 Å². The zero-order valence-electron chi connectivity index (χ0n) is 8.53. The van der Waals surface area contributed by atoms with Crippen LogP contribution in [0.2, 0.25) is 0 Å². The first kappa shape index (κ1) is 11.7. The van der Waals surface area contributed by atoms with Crippen LogP contribution in [0, 0.1) is 12.3 Å². The Morgan fingerprint density at radius 1 is 1.47 bits per heavy atom. The monoisotopic (exact) mass is 220 g/mol. The average Bonchev–Trinajstić information content (AvgIpc) is 2.27. The molecule has 0 aliphatic carbocycles. The van der Waals surface area contributed by atoms with Crippen LogP contribution >= 0.6 is 11.8 Å². The van der Waals surface area contributed by atoms with Gasteiger partial charge in [-0.3, -0.25) is 4.79 Å². The zero-order valence-corrected chi connectivity index (χ0v) is 9.34.